The number of rotatable bonds is 5. The van der Waals surface area contributed by atoms with Crippen molar-refractivity contribution in [2.24, 2.45) is 0 Å². The van der Waals surface area contributed by atoms with Gasteiger partial charge < -0.3 is 16.0 Å². The molecular formula is C12H19FN4O3S. The van der Waals surface area contributed by atoms with Crippen LogP contribution >= 0.6 is 0 Å². The molecular weight excluding hydrogens is 299 g/mol. The zero-order chi connectivity index (χ0) is 16.2. The number of sulfonamides is 1. The summed E-state index contributed by atoms with van der Waals surface area (Å²) >= 11 is 0. The van der Waals surface area contributed by atoms with Crippen molar-refractivity contribution >= 4 is 21.7 Å². The van der Waals surface area contributed by atoms with Crippen molar-refractivity contribution in [1.82, 2.24) is 14.9 Å². The monoisotopic (exact) mass is 318 g/mol. The van der Waals surface area contributed by atoms with Crippen LogP contribution in [0, 0.1) is 12.7 Å². The first kappa shape index (κ1) is 17.2. The van der Waals surface area contributed by atoms with Crippen LogP contribution in [0.5, 0.6) is 0 Å². The van der Waals surface area contributed by atoms with Gasteiger partial charge in [0.1, 0.15) is 10.7 Å². The molecule has 0 aromatic heterocycles. The van der Waals surface area contributed by atoms with Gasteiger partial charge in [-0.3, -0.25) is 0 Å². The molecule has 0 aliphatic rings. The summed E-state index contributed by atoms with van der Waals surface area (Å²) in [5.41, 5.74) is 5.84. The van der Waals surface area contributed by atoms with Crippen LogP contribution in [-0.2, 0) is 10.0 Å². The third-order valence-corrected chi connectivity index (χ3v) is 4.09. The number of nitrogens with one attached hydrogen (secondary N) is 2. The molecule has 21 heavy (non-hydrogen) atoms. The van der Waals surface area contributed by atoms with Crippen LogP contribution in [0.1, 0.15) is 5.56 Å². The molecule has 1 rings (SSSR count). The van der Waals surface area contributed by atoms with Crippen molar-refractivity contribution in [1.29, 1.82) is 0 Å². The van der Waals surface area contributed by atoms with Crippen LogP contribution in [0.25, 0.3) is 0 Å². The fraction of sp³-hybridized carbons (Fsp3) is 0.417. The summed E-state index contributed by atoms with van der Waals surface area (Å²) in [4.78, 5) is 12.1. The minimum Gasteiger partial charge on any atom is -0.399 e. The predicted octanol–water partition coefficient (Wildman–Crippen LogP) is 0.266. The number of anilines is 1. The molecule has 0 aliphatic heterocycles. The number of nitrogens with zero attached hydrogens (tertiary/aromatic N) is 1. The number of hydrogen-bond acceptors (Lipinski definition) is 4. The zero-order valence-electron chi connectivity index (χ0n) is 12.1. The number of carbonyl (C=O) groups is 1. The molecule has 0 saturated carbocycles. The Morgan fingerprint density at radius 2 is 1.95 bits per heavy atom. The molecule has 4 N–H and O–H groups in total. The second kappa shape index (κ2) is 6.72. The highest BCUT2D eigenvalue weighted by molar-refractivity contribution is 7.89. The maximum Gasteiger partial charge on any atom is 0.316 e. The Bertz CT molecular complexity index is 632. The van der Waals surface area contributed by atoms with E-state index in [2.05, 4.69) is 10.0 Å². The number of amides is 2. The van der Waals surface area contributed by atoms with Crippen molar-refractivity contribution in [2.45, 2.75) is 11.8 Å². The maximum absolute atomic E-state index is 13.9. The highest BCUT2D eigenvalue weighted by atomic mass is 32.2. The van der Waals surface area contributed by atoms with E-state index in [1.807, 2.05) is 0 Å². The number of benzene rings is 1. The van der Waals surface area contributed by atoms with Gasteiger partial charge >= 0.3 is 6.03 Å². The summed E-state index contributed by atoms with van der Waals surface area (Å²) < 4.78 is 40.1. The minimum absolute atomic E-state index is 0.0603. The summed E-state index contributed by atoms with van der Waals surface area (Å²) in [6, 6.07) is 2.06. The molecule has 2 amide bonds. The number of hydrogen-bond donors (Lipinski definition) is 3. The second-order valence-corrected chi connectivity index (χ2v) is 6.41. The summed E-state index contributed by atoms with van der Waals surface area (Å²) in [5, 5.41) is 2.49. The van der Waals surface area contributed by atoms with E-state index >= 15 is 0 Å². The Balaban J connectivity index is 2.73. The summed E-state index contributed by atoms with van der Waals surface area (Å²) in [6.45, 7) is 1.45. The van der Waals surface area contributed by atoms with Gasteiger partial charge in [0.05, 0.1) is 0 Å². The van der Waals surface area contributed by atoms with Gasteiger partial charge in [0.2, 0.25) is 10.0 Å². The Morgan fingerprint density at radius 3 is 2.52 bits per heavy atom. The molecule has 0 spiro atoms. The van der Waals surface area contributed by atoms with Crippen LogP contribution in [-0.4, -0.2) is 46.5 Å². The molecule has 0 unspecified atom stereocenters. The molecule has 0 atom stereocenters. The molecule has 0 saturated heterocycles. The van der Waals surface area contributed by atoms with Gasteiger partial charge in [-0.15, -0.1) is 0 Å². The lowest BCUT2D eigenvalue weighted by Gasteiger charge is -2.13. The SMILES string of the molecule is Cc1cc(N)cc(S(=O)(=O)NCCNC(=O)N(C)C)c1F. The summed E-state index contributed by atoms with van der Waals surface area (Å²) in [7, 11) is -0.904. The number of aryl methyl sites for hydroxylation is 1. The fourth-order valence-electron chi connectivity index (χ4n) is 1.55. The first-order chi connectivity index (χ1) is 9.65. The smallest absolute Gasteiger partial charge is 0.316 e. The average molecular weight is 318 g/mol. The minimum atomic E-state index is -4.02. The average Bonchev–Trinajstić information content (AvgIpc) is 2.38. The Morgan fingerprint density at radius 1 is 1.33 bits per heavy atom. The van der Waals surface area contributed by atoms with E-state index in [0.29, 0.717) is 0 Å². The number of nitrogens with two attached hydrogens (primary N) is 1. The second-order valence-electron chi connectivity index (χ2n) is 4.67. The van der Waals surface area contributed by atoms with Crippen molar-refractivity contribution in [3.8, 4) is 0 Å². The van der Waals surface area contributed by atoms with Crippen molar-refractivity contribution in [3.63, 3.8) is 0 Å². The van der Waals surface area contributed by atoms with E-state index in [1.54, 1.807) is 14.1 Å². The molecule has 1 aromatic carbocycles. The van der Waals surface area contributed by atoms with Gasteiger partial charge in [0.15, 0.2) is 0 Å². The number of nitrogen functional groups attached to an aromatic ring is 1. The summed E-state index contributed by atoms with van der Waals surface area (Å²) in [5.74, 6) is -0.839. The Labute approximate surface area is 123 Å². The topological polar surface area (TPSA) is 105 Å². The van der Waals surface area contributed by atoms with Gasteiger partial charge in [-0.25, -0.2) is 22.3 Å². The maximum atomic E-state index is 13.9. The van der Waals surface area contributed by atoms with Gasteiger partial charge in [0, 0.05) is 32.9 Å². The lowest BCUT2D eigenvalue weighted by molar-refractivity contribution is 0.217. The molecule has 9 heteroatoms. The third kappa shape index (κ3) is 4.57. The number of urea groups is 1. The highest BCUT2D eigenvalue weighted by Gasteiger charge is 2.20. The molecule has 0 radical (unpaired) electrons. The molecule has 1 aromatic rings. The van der Waals surface area contributed by atoms with Crippen LogP contribution < -0.4 is 15.8 Å². The largest absolute Gasteiger partial charge is 0.399 e. The lowest BCUT2D eigenvalue weighted by atomic mass is 10.2. The Hall–Kier alpha value is -1.87. The molecule has 0 aliphatic carbocycles. The van der Waals surface area contributed by atoms with Crippen molar-refractivity contribution < 1.29 is 17.6 Å². The van der Waals surface area contributed by atoms with Crippen molar-refractivity contribution in [2.75, 3.05) is 32.9 Å². The van der Waals surface area contributed by atoms with E-state index in [-0.39, 0.29) is 30.4 Å². The molecule has 0 heterocycles. The molecule has 0 fully saturated rings. The quantitative estimate of drug-likeness (QED) is 0.535. The van der Waals surface area contributed by atoms with E-state index in [0.717, 1.165) is 6.07 Å². The third-order valence-electron chi connectivity index (χ3n) is 2.63. The van der Waals surface area contributed by atoms with E-state index in [9.17, 15) is 17.6 Å². The first-order valence-corrected chi connectivity index (χ1v) is 7.64. The van der Waals surface area contributed by atoms with Gasteiger partial charge in [-0.05, 0) is 24.6 Å². The van der Waals surface area contributed by atoms with Crippen LogP contribution in [0.4, 0.5) is 14.9 Å². The highest BCUT2D eigenvalue weighted by Crippen LogP contribution is 2.21. The van der Waals surface area contributed by atoms with Crippen LogP contribution in [0.2, 0.25) is 0 Å². The molecule has 0 bridgehead atoms. The van der Waals surface area contributed by atoms with Crippen LogP contribution in [0.3, 0.4) is 0 Å². The zero-order valence-corrected chi connectivity index (χ0v) is 12.9. The first-order valence-electron chi connectivity index (χ1n) is 6.15. The number of halogens is 1. The Kier molecular flexibility index (Phi) is 5.50. The molecule has 118 valence electrons. The molecule has 7 nitrogen and oxygen atoms in total. The van der Waals surface area contributed by atoms with Gasteiger partial charge in [-0.1, -0.05) is 0 Å². The van der Waals surface area contributed by atoms with E-state index in [1.165, 1.54) is 17.9 Å². The van der Waals surface area contributed by atoms with E-state index in [4.69, 9.17) is 5.73 Å². The van der Waals surface area contributed by atoms with E-state index < -0.39 is 20.7 Å². The normalized spacial score (nSPS) is 11.2. The van der Waals surface area contributed by atoms with Gasteiger partial charge in [0.25, 0.3) is 0 Å². The fourth-order valence-corrected chi connectivity index (χ4v) is 2.76. The van der Waals surface area contributed by atoms with Crippen LogP contribution in [0.15, 0.2) is 17.0 Å². The van der Waals surface area contributed by atoms with Crippen molar-refractivity contribution in [3.05, 3.63) is 23.5 Å². The van der Waals surface area contributed by atoms with Gasteiger partial charge in [-0.2, -0.15) is 0 Å². The standard InChI is InChI=1S/C12H19FN4O3S/c1-8-6-9(14)7-10(11(8)13)21(19,20)16-5-4-15-12(18)17(2)3/h6-7,16H,4-5,14H2,1-3H3,(H,15,18). The summed E-state index contributed by atoms with van der Waals surface area (Å²) in [6.07, 6.45) is 0. The lowest BCUT2D eigenvalue weighted by Crippen LogP contribution is -2.39. The predicted molar refractivity (Wildman–Crippen MR) is 77.8 cm³/mol. The number of carbonyl (C=O) groups excluding carboxylic acids is 1.